The van der Waals surface area contributed by atoms with Crippen LogP contribution in [0, 0.1) is 0 Å². The van der Waals surface area contributed by atoms with Crippen LogP contribution in [0.5, 0.6) is 0 Å². The van der Waals surface area contributed by atoms with Gasteiger partial charge in [0.25, 0.3) is 0 Å². The molecule has 0 rings (SSSR count). The smallest absolute Gasteiger partial charge is 0.179 e. The van der Waals surface area contributed by atoms with Gasteiger partial charge in [-0.25, -0.2) is 0 Å². The fourth-order valence-corrected chi connectivity index (χ4v) is 9.49. The van der Waals surface area contributed by atoms with Crippen LogP contribution in [0.3, 0.4) is 0 Å². The van der Waals surface area contributed by atoms with Crippen molar-refractivity contribution in [3.05, 3.63) is 0 Å². The molecule has 0 aliphatic heterocycles. The van der Waals surface area contributed by atoms with E-state index in [4.69, 9.17) is 12.6 Å². The zero-order chi connectivity index (χ0) is 25.7. The monoisotopic (exact) mass is 634 g/mol. The molecule has 0 aliphatic rings. The summed E-state index contributed by atoms with van der Waals surface area (Å²) in [6, 6.07) is 0. The van der Waals surface area contributed by atoms with Gasteiger partial charge >= 0.3 is 169 Å². The first kappa shape index (κ1) is 36.5. The number of rotatable bonds is 30. The molecule has 0 bridgehead atoms. The second-order valence-corrected chi connectivity index (χ2v) is 17.0. The van der Waals surface area contributed by atoms with Crippen LogP contribution in [0.25, 0.3) is 0 Å². The van der Waals surface area contributed by atoms with Crippen LogP contribution < -0.4 is 0 Å². The third-order valence-electron chi connectivity index (χ3n) is 7.75. The third kappa shape index (κ3) is 28.3. The van der Waals surface area contributed by atoms with Gasteiger partial charge in [-0.2, -0.15) is 25.3 Å². The number of unbranched alkanes of at least 4 members (excludes halogenated alkanes) is 19. The second-order valence-electron chi connectivity index (χ2n) is 11.4. The number of thiol groups is 2. The van der Waals surface area contributed by atoms with Gasteiger partial charge in [-0.05, 0) is 12.8 Å². The van der Waals surface area contributed by atoms with E-state index in [0.29, 0.717) is 4.75 Å². The summed E-state index contributed by atoms with van der Waals surface area (Å²) < 4.78 is 3.64. The Kier molecular flexibility index (Phi) is 31.3. The third-order valence-corrected chi connectivity index (χ3v) is 12.8. The van der Waals surface area contributed by atoms with E-state index in [2.05, 4.69) is 26.5 Å². The van der Waals surface area contributed by atoms with Crippen LogP contribution in [0.4, 0.5) is 0 Å². The van der Waals surface area contributed by atoms with Crippen LogP contribution in [-0.2, 0) is 0 Å². The molecule has 35 heavy (non-hydrogen) atoms. The first-order valence-corrected chi connectivity index (χ1v) is 21.3. The standard InChI is InChI=1S/C20H41S.C12H25S.Sn/c1-4-7-10-11-12-13-14-15-16-19-20(21,17-8-5-2)18-9-6-3;1-2-3-4-5-6-7-8-9-10-11-12-13;/h21H,1,4-19H2,2-3H3;13H,1-12H2;. The fourth-order valence-electron chi connectivity index (χ4n) is 5.23. The summed E-state index contributed by atoms with van der Waals surface area (Å²) in [7, 11) is 0. The summed E-state index contributed by atoms with van der Waals surface area (Å²) in [5, 5.41) is 0. The van der Waals surface area contributed by atoms with Crippen molar-refractivity contribution >= 4 is 46.4 Å². The predicted octanol–water partition coefficient (Wildman–Crippen LogP) is 12.3. The fraction of sp³-hybridized carbons (Fsp3) is 1.00. The summed E-state index contributed by atoms with van der Waals surface area (Å²) in [6.07, 6.45) is 37.3. The molecule has 2 radical (unpaired) electrons. The molecule has 210 valence electrons. The summed E-state index contributed by atoms with van der Waals surface area (Å²) in [6.45, 7) is 4.63. The molecule has 0 atom stereocenters. The number of hydrogen-bond acceptors (Lipinski definition) is 2. The quantitative estimate of drug-likeness (QED) is 0.0439. The van der Waals surface area contributed by atoms with E-state index in [-0.39, 0.29) is 21.1 Å². The molecular formula is C32H66S2Sn. The van der Waals surface area contributed by atoms with Crippen molar-refractivity contribution in [2.45, 2.75) is 194 Å². The molecule has 0 heterocycles. The molecule has 3 heteroatoms. The van der Waals surface area contributed by atoms with Gasteiger partial charge in [0.2, 0.25) is 0 Å². The van der Waals surface area contributed by atoms with Gasteiger partial charge in [0.15, 0.2) is 0 Å². The summed E-state index contributed by atoms with van der Waals surface area (Å²) in [5.74, 6) is 1.07. The molecule has 0 spiro atoms. The van der Waals surface area contributed by atoms with Gasteiger partial charge < -0.3 is 0 Å². The van der Waals surface area contributed by atoms with Gasteiger partial charge in [0.05, 0.1) is 0 Å². The van der Waals surface area contributed by atoms with E-state index in [1.807, 2.05) is 0 Å². The van der Waals surface area contributed by atoms with Crippen molar-refractivity contribution < 1.29 is 0 Å². The van der Waals surface area contributed by atoms with E-state index in [1.165, 1.54) is 154 Å². The maximum atomic E-state index is 5.14. The Morgan fingerprint density at radius 3 is 1.11 bits per heavy atom. The molecule has 0 aromatic carbocycles. The van der Waals surface area contributed by atoms with E-state index < -0.39 is 0 Å². The average Bonchev–Trinajstić information content (AvgIpc) is 2.87. The zero-order valence-corrected chi connectivity index (χ0v) is 29.0. The molecule has 0 saturated heterocycles. The topological polar surface area (TPSA) is 0 Å². The van der Waals surface area contributed by atoms with Gasteiger partial charge in [-0.15, -0.1) is 0 Å². The minimum absolute atomic E-state index is 0.00591. The second kappa shape index (κ2) is 30.0. The van der Waals surface area contributed by atoms with Crippen LogP contribution in [-0.4, -0.2) is 31.6 Å². The van der Waals surface area contributed by atoms with E-state index in [0.717, 1.165) is 5.75 Å². The predicted molar refractivity (Wildman–Crippen MR) is 172 cm³/mol. The molecular weight excluding hydrogens is 567 g/mol. The van der Waals surface area contributed by atoms with E-state index >= 15 is 0 Å². The summed E-state index contributed by atoms with van der Waals surface area (Å²) in [5.41, 5.74) is 0. The Morgan fingerprint density at radius 2 is 0.743 bits per heavy atom. The Morgan fingerprint density at radius 1 is 0.429 bits per heavy atom. The first-order valence-electron chi connectivity index (χ1n) is 16.2. The van der Waals surface area contributed by atoms with Crippen molar-refractivity contribution in [1.29, 1.82) is 0 Å². The van der Waals surface area contributed by atoms with Crippen molar-refractivity contribution in [2.75, 3.05) is 5.75 Å². The van der Waals surface area contributed by atoms with Gasteiger partial charge in [-0.1, -0.05) is 39.5 Å². The molecule has 0 aliphatic carbocycles. The molecule has 0 fully saturated rings. The average molecular weight is 634 g/mol. The summed E-state index contributed by atoms with van der Waals surface area (Å²) in [4.78, 5) is 0. The van der Waals surface area contributed by atoms with Crippen molar-refractivity contribution in [3.63, 3.8) is 0 Å². The van der Waals surface area contributed by atoms with Gasteiger partial charge in [0.1, 0.15) is 0 Å². The van der Waals surface area contributed by atoms with Crippen LogP contribution >= 0.6 is 25.3 Å². The molecule has 0 N–H and O–H groups in total. The van der Waals surface area contributed by atoms with Crippen LogP contribution in [0.2, 0.25) is 8.87 Å². The normalized spacial score (nSPS) is 12.0. The Balaban J connectivity index is 3.27. The zero-order valence-electron chi connectivity index (χ0n) is 24.4. The first-order chi connectivity index (χ1) is 17.2. The molecule has 0 aromatic rings. The Bertz CT molecular complexity index is 380. The molecule has 0 saturated carbocycles. The Hall–Kier alpha value is 1.50. The molecule has 0 nitrogen and oxygen atoms in total. The van der Waals surface area contributed by atoms with E-state index in [1.54, 1.807) is 21.7 Å². The van der Waals surface area contributed by atoms with Crippen LogP contribution in [0.15, 0.2) is 0 Å². The molecule has 0 unspecified atom stereocenters. The molecule has 0 amide bonds. The SMILES string of the molecule is CCCCC(S)(CCCC)CCCCCCCCCC[CH2][Sn][CH2]CCCCCCCCCCCS. The Labute approximate surface area is 245 Å². The van der Waals surface area contributed by atoms with Crippen molar-refractivity contribution in [2.24, 2.45) is 0 Å². The van der Waals surface area contributed by atoms with Crippen molar-refractivity contribution in [3.8, 4) is 0 Å². The van der Waals surface area contributed by atoms with E-state index in [9.17, 15) is 0 Å². The van der Waals surface area contributed by atoms with Crippen molar-refractivity contribution in [1.82, 2.24) is 0 Å². The maximum absolute atomic E-state index is 5.14. The van der Waals surface area contributed by atoms with Crippen LogP contribution in [0.1, 0.15) is 181 Å². The molecule has 0 aromatic heterocycles. The van der Waals surface area contributed by atoms with Gasteiger partial charge in [0, 0.05) is 0 Å². The minimum Gasteiger partial charge on any atom is -0.179 e. The minimum atomic E-state index is -0.00591. The number of hydrogen-bond donors (Lipinski definition) is 2. The summed E-state index contributed by atoms with van der Waals surface area (Å²) >= 11 is 9.42. The van der Waals surface area contributed by atoms with Gasteiger partial charge in [-0.3, -0.25) is 0 Å².